The van der Waals surface area contributed by atoms with E-state index < -0.39 is 31.4 Å². The van der Waals surface area contributed by atoms with Crippen molar-refractivity contribution in [2.75, 3.05) is 13.7 Å². The van der Waals surface area contributed by atoms with Crippen LogP contribution < -0.4 is 10.2 Å². The van der Waals surface area contributed by atoms with Gasteiger partial charge in [0.25, 0.3) is 0 Å². The third kappa shape index (κ3) is 3.02. The van der Waals surface area contributed by atoms with Crippen molar-refractivity contribution in [3.8, 4) is 17.6 Å². The maximum atomic E-state index is 9.58. The predicted octanol–water partition coefficient (Wildman–Crippen LogP) is 1.17. The molecule has 150 valence electrons. The lowest BCUT2D eigenvalue weighted by atomic mass is 9.69. The SMILES string of the molecule is CO[C@@H]1O[C@H](CO)C2O[B-]3(OCc4cc(Oc5ccc(C#N)cc5)ccc43)OC21. The summed E-state index contributed by atoms with van der Waals surface area (Å²) in [5.74, 6) is 1.28. The first-order chi connectivity index (χ1) is 14.2. The Kier molecular flexibility index (Phi) is 4.55. The Morgan fingerprint density at radius 1 is 1.14 bits per heavy atom. The lowest BCUT2D eigenvalue weighted by Crippen LogP contribution is -2.51. The topological polar surface area (TPSA) is 99.4 Å². The van der Waals surface area contributed by atoms with Crippen LogP contribution in [-0.2, 0) is 30.0 Å². The molecule has 0 radical (unpaired) electrons. The Labute approximate surface area is 167 Å². The molecule has 2 aromatic rings. The van der Waals surface area contributed by atoms with Gasteiger partial charge in [0.15, 0.2) is 6.29 Å². The number of methoxy groups -OCH3 is 1. The van der Waals surface area contributed by atoms with Crippen LogP contribution in [0.4, 0.5) is 0 Å². The van der Waals surface area contributed by atoms with Crippen LogP contribution in [0.2, 0.25) is 0 Å². The summed E-state index contributed by atoms with van der Waals surface area (Å²) in [6.07, 6.45) is -2.09. The van der Waals surface area contributed by atoms with Crippen LogP contribution in [0.3, 0.4) is 0 Å². The summed E-state index contributed by atoms with van der Waals surface area (Å²) in [4.78, 5) is 0. The van der Waals surface area contributed by atoms with Crippen LogP contribution >= 0.6 is 0 Å². The number of ether oxygens (including phenoxy) is 3. The number of nitriles is 1. The number of aliphatic hydroxyl groups is 1. The van der Waals surface area contributed by atoms with Gasteiger partial charge >= 0.3 is 6.75 Å². The maximum absolute atomic E-state index is 9.58. The molecule has 2 aromatic carbocycles. The van der Waals surface area contributed by atoms with E-state index in [4.69, 9.17) is 33.4 Å². The predicted molar refractivity (Wildman–Crippen MR) is 100 cm³/mol. The quantitative estimate of drug-likeness (QED) is 0.770. The fourth-order valence-corrected chi connectivity index (χ4v) is 4.15. The molecule has 5 rings (SSSR count). The zero-order valence-electron chi connectivity index (χ0n) is 15.7. The molecular weight excluding hydrogens is 377 g/mol. The van der Waals surface area contributed by atoms with E-state index in [9.17, 15) is 5.11 Å². The molecule has 0 saturated carbocycles. The van der Waals surface area contributed by atoms with Crippen molar-refractivity contribution in [1.29, 1.82) is 5.26 Å². The number of aliphatic hydroxyl groups excluding tert-OH is 1. The van der Waals surface area contributed by atoms with E-state index in [1.165, 1.54) is 7.11 Å². The highest BCUT2D eigenvalue weighted by molar-refractivity contribution is 6.77. The fraction of sp³-hybridized carbons (Fsp3) is 0.350. The van der Waals surface area contributed by atoms with Gasteiger partial charge in [0.2, 0.25) is 0 Å². The van der Waals surface area contributed by atoms with Crippen LogP contribution in [0, 0.1) is 11.3 Å². The molecule has 0 amide bonds. The number of rotatable bonds is 4. The number of nitrogens with zero attached hydrogens (tertiary/aromatic N) is 1. The second-order valence-corrected chi connectivity index (χ2v) is 7.21. The summed E-state index contributed by atoms with van der Waals surface area (Å²) in [6.45, 7) is -2.00. The molecule has 3 unspecified atom stereocenters. The summed E-state index contributed by atoms with van der Waals surface area (Å²) in [7, 11) is 1.53. The smallest absolute Gasteiger partial charge is 0.410 e. The minimum atomic E-state index is -2.13. The lowest BCUT2D eigenvalue weighted by molar-refractivity contribution is -0.156. The number of fused-ring (bicyclic) bond motifs is 3. The highest BCUT2D eigenvalue weighted by Crippen LogP contribution is 2.40. The van der Waals surface area contributed by atoms with E-state index in [-0.39, 0.29) is 6.61 Å². The summed E-state index contributed by atoms with van der Waals surface area (Å²) in [5, 5.41) is 18.5. The molecule has 2 fully saturated rings. The standard InChI is InChI=1S/C20H19BNO7/c1-24-20-19-18(17(10-23)27-20)28-21(29-19)16-7-6-15(8-13(16)11-25-21)26-14-4-2-12(9-22)3-5-14/h2-8,17-20,23H,10-11H2,1H3/q-1/t17-,18?,19?,20-,21?/m1/s1. The third-order valence-corrected chi connectivity index (χ3v) is 5.52. The van der Waals surface area contributed by atoms with Gasteiger partial charge in [-0.25, -0.2) is 0 Å². The van der Waals surface area contributed by atoms with E-state index >= 15 is 0 Å². The van der Waals surface area contributed by atoms with Crippen molar-refractivity contribution in [3.63, 3.8) is 0 Å². The van der Waals surface area contributed by atoms with Gasteiger partial charge in [0.1, 0.15) is 17.6 Å². The Balaban J connectivity index is 1.38. The van der Waals surface area contributed by atoms with Crippen molar-refractivity contribution in [1.82, 2.24) is 0 Å². The first kappa shape index (κ1) is 18.6. The third-order valence-electron chi connectivity index (χ3n) is 5.52. The largest absolute Gasteiger partial charge is 0.537 e. The molecule has 29 heavy (non-hydrogen) atoms. The van der Waals surface area contributed by atoms with Gasteiger partial charge in [-0.3, -0.25) is 0 Å². The molecule has 5 atom stereocenters. The fourth-order valence-electron chi connectivity index (χ4n) is 4.15. The first-order valence-electron chi connectivity index (χ1n) is 9.39. The van der Waals surface area contributed by atoms with Gasteiger partial charge in [-0.2, -0.15) is 5.26 Å². The molecule has 9 heteroatoms. The van der Waals surface area contributed by atoms with Gasteiger partial charge in [0.05, 0.1) is 30.4 Å². The molecule has 0 aromatic heterocycles. The molecule has 0 bridgehead atoms. The van der Waals surface area contributed by atoms with Crippen molar-refractivity contribution in [2.45, 2.75) is 31.2 Å². The summed E-state index contributed by atoms with van der Waals surface area (Å²) < 4.78 is 35.1. The minimum Gasteiger partial charge on any atom is -0.537 e. The van der Waals surface area contributed by atoms with Crippen LogP contribution in [-0.4, -0.2) is 50.2 Å². The number of benzene rings is 2. The molecule has 8 nitrogen and oxygen atoms in total. The molecule has 3 heterocycles. The normalized spacial score (nSPS) is 32.2. The van der Waals surface area contributed by atoms with Gasteiger partial charge in [-0.15, -0.1) is 5.46 Å². The molecule has 3 aliphatic heterocycles. The second-order valence-electron chi connectivity index (χ2n) is 7.21. The monoisotopic (exact) mass is 396 g/mol. The lowest BCUT2D eigenvalue weighted by Gasteiger charge is -2.33. The Morgan fingerprint density at radius 2 is 1.90 bits per heavy atom. The van der Waals surface area contributed by atoms with Crippen LogP contribution in [0.5, 0.6) is 11.5 Å². The van der Waals surface area contributed by atoms with Crippen molar-refractivity contribution in [2.24, 2.45) is 0 Å². The molecule has 1 N–H and O–H groups in total. The average molecular weight is 396 g/mol. The number of hydrogen-bond donors (Lipinski definition) is 1. The Bertz CT molecular complexity index is 942. The summed E-state index contributed by atoms with van der Waals surface area (Å²) in [6, 6.07) is 14.6. The van der Waals surface area contributed by atoms with Crippen LogP contribution in [0.1, 0.15) is 11.1 Å². The average Bonchev–Trinajstić information content (AvgIpc) is 3.40. The first-order valence-corrected chi connectivity index (χ1v) is 9.39. The minimum absolute atomic E-state index is 0.194. The Hall–Kier alpha value is -2.45. The van der Waals surface area contributed by atoms with E-state index in [0.29, 0.717) is 23.7 Å². The maximum Gasteiger partial charge on any atom is 0.410 e. The van der Waals surface area contributed by atoms with Gasteiger partial charge in [0, 0.05) is 13.7 Å². The van der Waals surface area contributed by atoms with E-state index in [0.717, 1.165) is 11.0 Å². The summed E-state index contributed by atoms with van der Waals surface area (Å²) in [5.41, 5.74) is 2.30. The van der Waals surface area contributed by atoms with Gasteiger partial charge in [-0.1, -0.05) is 11.6 Å². The Morgan fingerprint density at radius 3 is 2.62 bits per heavy atom. The molecule has 3 aliphatic rings. The van der Waals surface area contributed by atoms with Gasteiger partial charge < -0.3 is 33.3 Å². The van der Waals surface area contributed by atoms with E-state index in [2.05, 4.69) is 6.07 Å². The molecule has 0 aliphatic carbocycles. The summed E-state index contributed by atoms with van der Waals surface area (Å²) >= 11 is 0. The van der Waals surface area contributed by atoms with Crippen molar-refractivity contribution in [3.05, 3.63) is 53.6 Å². The zero-order chi connectivity index (χ0) is 20.0. The van der Waals surface area contributed by atoms with E-state index in [1.54, 1.807) is 24.3 Å². The zero-order valence-corrected chi connectivity index (χ0v) is 15.7. The molecule has 2 saturated heterocycles. The number of hydrogen-bond acceptors (Lipinski definition) is 8. The van der Waals surface area contributed by atoms with E-state index in [1.807, 2.05) is 18.2 Å². The highest BCUT2D eigenvalue weighted by Gasteiger charge is 2.57. The molecule has 1 spiro atoms. The van der Waals surface area contributed by atoms with Crippen molar-refractivity contribution < 1.29 is 33.3 Å². The van der Waals surface area contributed by atoms with Crippen molar-refractivity contribution >= 4 is 12.2 Å². The van der Waals surface area contributed by atoms with Crippen LogP contribution in [0.25, 0.3) is 0 Å². The van der Waals surface area contributed by atoms with Crippen LogP contribution in [0.15, 0.2) is 42.5 Å². The molecular formula is C20H19BNO7-. The second kappa shape index (κ2) is 7.11. The highest BCUT2D eigenvalue weighted by atomic mass is 16.8. The van der Waals surface area contributed by atoms with Gasteiger partial charge in [-0.05, 0) is 36.4 Å².